The smallest absolute Gasteiger partial charge is 0.0641 e. The van der Waals surface area contributed by atoms with Crippen LogP contribution in [0.5, 0.6) is 0 Å². The molecule has 1 fully saturated rings. The Balaban J connectivity index is 1.82. The van der Waals surface area contributed by atoms with Gasteiger partial charge >= 0.3 is 0 Å². The Kier molecular flexibility index (Phi) is 6.24. The molecule has 4 nitrogen and oxygen atoms in total. The molecule has 1 atom stereocenters. The Morgan fingerprint density at radius 3 is 2.86 bits per heavy atom. The molecule has 1 unspecified atom stereocenters. The molecule has 1 N–H and O–H groups in total. The monoisotopic (exact) mass is 293 g/mol. The van der Waals surface area contributed by atoms with E-state index >= 15 is 0 Å². The van der Waals surface area contributed by atoms with Crippen LogP contribution in [0.4, 0.5) is 0 Å². The van der Waals surface area contributed by atoms with Crippen LogP contribution in [-0.2, 0) is 17.8 Å². The maximum atomic E-state index is 5.69. The first-order chi connectivity index (χ1) is 10.1. The summed E-state index contributed by atoms with van der Waals surface area (Å²) in [4.78, 5) is 0. The number of hydrogen-bond donors (Lipinski definition) is 1. The van der Waals surface area contributed by atoms with Crippen LogP contribution >= 0.6 is 0 Å². The Morgan fingerprint density at radius 1 is 1.38 bits per heavy atom. The fourth-order valence-electron chi connectivity index (χ4n) is 3.03. The molecule has 0 aliphatic carbocycles. The van der Waals surface area contributed by atoms with E-state index in [1.165, 1.54) is 36.2 Å². The van der Waals surface area contributed by atoms with E-state index in [-0.39, 0.29) is 0 Å². The predicted octanol–water partition coefficient (Wildman–Crippen LogP) is 3.20. The molecule has 1 aromatic rings. The Labute approximate surface area is 129 Å². The molecule has 2 heterocycles. The topological polar surface area (TPSA) is 39.1 Å². The van der Waals surface area contributed by atoms with Crippen molar-refractivity contribution in [1.82, 2.24) is 15.1 Å². The van der Waals surface area contributed by atoms with Gasteiger partial charge in [-0.1, -0.05) is 13.8 Å². The molecule has 21 heavy (non-hydrogen) atoms. The minimum Gasteiger partial charge on any atom is -0.378 e. The summed E-state index contributed by atoms with van der Waals surface area (Å²) in [5.74, 6) is 0.687. The number of nitrogens with one attached hydrogen (secondary N) is 1. The summed E-state index contributed by atoms with van der Waals surface area (Å²) < 4.78 is 7.86. The lowest BCUT2D eigenvalue weighted by Crippen LogP contribution is -2.19. The minimum atomic E-state index is 0.495. The fourth-order valence-corrected chi connectivity index (χ4v) is 3.03. The molecule has 0 radical (unpaired) electrons. The Hall–Kier alpha value is -0.870. The van der Waals surface area contributed by atoms with Crippen molar-refractivity contribution in [2.45, 2.75) is 72.6 Å². The Morgan fingerprint density at radius 2 is 2.19 bits per heavy atom. The lowest BCUT2D eigenvalue weighted by atomic mass is 10.1. The van der Waals surface area contributed by atoms with Crippen molar-refractivity contribution in [3.8, 4) is 0 Å². The van der Waals surface area contributed by atoms with Crippen molar-refractivity contribution >= 4 is 0 Å². The van der Waals surface area contributed by atoms with Crippen LogP contribution in [0.3, 0.4) is 0 Å². The molecule has 0 saturated carbocycles. The second-order valence-electron chi connectivity index (χ2n) is 6.67. The molecule has 1 aliphatic heterocycles. The largest absolute Gasteiger partial charge is 0.378 e. The molecule has 0 bridgehead atoms. The molecule has 0 aromatic carbocycles. The van der Waals surface area contributed by atoms with Crippen molar-refractivity contribution in [1.29, 1.82) is 0 Å². The van der Waals surface area contributed by atoms with E-state index in [9.17, 15) is 0 Å². The minimum absolute atomic E-state index is 0.495. The van der Waals surface area contributed by atoms with E-state index < -0.39 is 0 Å². The summed E-state index contributed by atoms with van der Waals surface area (Å²) in [6.45, 7) is 12.7. The van der Waals surface area contributed by atoms with Gasteiger partial charge in [-0.3, -0.25) is 4.68 Å². The van der Waals surface area contributed by atoms with Crippen LogP contribution in [0.1, 0.15) is 56.5 Å². The third kappa shape index (κ3) is 4.82. The fraction of sp³-hybridized carbons (Fsp3) is 0.824. The third-order valence-electron chi connectivity index (χ3n) is 4.31. The molecular weight excluding hydrogens is 262 g/mol. The van der Waals surface area contributed by atoms with E-state index in [1.54, 1.807) is 0 Å². The van der Waals surface area contributed by atoms with E-state index in [4.69, 9.17) is 9.84 Å². The molecule has 0 amide bonds. The third-order valence-corrected chi connectivity index (χ3v) is 4.31. The zero-order valence-electron chi connectivity index (χ0n) is 14.1. The zero-order chi connectivity index (χ0) is 15.2. The van der Waals surface area contributed by atoms with E-state index in [0.29, 0.717) is 12.0 Å². The first kappa shape index (κ1) is 16.5. The molecule has 4 heteroatoms. The van der Waals surface area contributed by atoms with E-state index in [1.807, 2.05) is 0 Å². The van der Waals surface area contributed by atoms with Gasteiger partial charge < -0.3 is 10.1 Å². The van der Waals surface area contributed by atoms with Gasteiger partial charge in [-0.05, 0) is 52.0 Å². The lowest BCUT2D eigenvalue weighted by Gasteiger charge is -2.10. The zero-order valence-corrected chi connectivity index (χ0v) is 14.1. The van der Waals surface area contributed by atoms with Crippen molar-refractivity contribution in [3.05, 3.63) is 17.0 Å². The van der Waals surface area contributed by atoms with Crippen LogP contribution in [0.15, 0.2) is 0 Å². The number of hydrogen-bond acceptors (Lipinski definition) is 3. The van der Waals surface area contributed by atoms with E-state index in [2.05, 4.69) is 37.7 Å². The summed E-state index contributed by atoms with van der Waals surface area (Å²) in [5.41, 5.74) is 3.85. The molecule has 120 valence electrons. The average Bonchev–Trinajstić information content (AvgIpc) is 3.02. The van der Waals surface area contributed by atoms with Gasteiger partial charge in [-0.15, -0.1) is 0 Å². The number of aromatic nitrogens is 2. The highest BCUT2D eigenvalue weighted by molar-refractivity contribution is 5.24. The molecule has 2 rings (SSSR count). The van der Waals surface area contributed by atoms with Gasteiger partial charge in [0.05, 0.1) is 11.8 Å². The SMILES string of the molecule is Cc1nn(CCCC2CCCO2)c(C)c1CNCC(C)C. The average molecular weight is 293 g/mol. The molecule has 1 aromatic heterocycles. The van der Waals surface area contributed by atoms with Gasteiger partial charge in [0.15, 0.2) is 0 Å². The van der Waals surface area contributed by atoms with Crippen molar-refractivity contribution in [3.63, 3.8) is 0 Å². The van der Waals surface area contributed by atoms with Crippen molar-refractivity contribution < 1.29 is 4.74 Å². The normalized spacial score (nSPS) is 18.8. The highest BCUT2D eigenvalue weighted by Crippen LogP contribution is 2.18. The summed E-state index contributed by atoms with van der Waals surface area (Å²) >= 11 is 0. The van der Waals surface area contributed by atoms with Gasteiger partial charge in [-0.2, -0.15) is 5.10 Å². The van der Waals surface area contributed by atoms with Gasteiger partial charge in [0.25, 0.3) is 0 Å². The first-order valence-electron chi connectivity index (χ1n) is 8.43. The molecule has 1 aliphatic rings. The van der Waals surface area contributed by atoms with Crippen LogP contribution in [-0.4, -0.2) is 29.0 Å². The van der Waals surface area contributed by atoms with E-state index in [0.717, 1.165) is 32.7 Å². The van der Waals surface area contributed by atoms with Crippen molar-refractivity contribution in [2.24, 2.45) is 5.92 Å². The van der Waals surface area contributed by atoms with Gasteiger partial charge in [0, 0.05) is 31.0 Å². The van der Waals surface area contributed by atoms with Gasteiger partial charge in [0.2, 0.25) is 0 Å². The standard InChI is InChI=1S/C17H31N3O/c1-13(2)11-18-12-17-14(3)19-20(15(17)4)9-5-7-16-8-6-10-21-16/h13,16,18H,5-12H2,1-4H3. The number of ether oxygens (including phenoxy) is 1. The van der Waals surface area contributed by atoms with Gasteiger partial charge in [0.1, 0.15) is 0 Å². The van der Waals surface area contributed by atoms with Crippen LogP contribution in [0.25, 0.3) is 0 Å². The highest BCUT2D eigenvalue weighted by atomic mass is 16.5. The molecule has 1 saturated heterocycles. The van der Waals surface area contributed by atoms with Crippen LogP contribution in [0.2, 0.25) is 0 Å². The summed E-state index contributed by atoms with van der Waals surface area (Å²) in [5, 5.41) is 8.23. The van der Waals surface area contributed by atoms with Gasteiger partial charge in [-0.25, -0.2) is 0 Å². The number of nitrogens with zero attached hydrogens (tertiary/aromatic N) is 2. The molecular formula is C17H31N3O. The van der Waals surface area contributed by atoms with Crippen molar-refractivity contribution in [2.75, 3.05) is 13.2 Å². The second-order valence-corrected chi connectivity index (χ2v) is 6.67. The van der Waals surface area contributed by atoms with Crippen LogP contribution in [0, 0.1) is 19.8 Å². The summed E-state index contributed by atoms with van der Waals surface area (Å²) in [7, 11) is 0. The second kappa shape index (κ2) is 7.95. The molecule has 0 spiro atoms. The highest BCUT2D eigenvalue weighted by Gasteiger charge is 2.16. The maximum Gasteiger partial charge on any atom is 0.0641 e. The quantitative estimate of drug-likeness (QED) is 0.800. The number of aryl methyl sites for hydroxylation is 2. The Bertz CT molecular complexity index is 433. The lowest BCUT2D eigenvalue weighted by molar-refractivity contribution is 0.101. The number of rotatable bonds is 8. The summed E-state index contributed by atoms with van der Waals surface area (Å²) in [6.07, 6.45) is 5.29. The first-order valence-corrected chi connectivity index (χ1v) is 8.43. The summed E-state index contributed by atoms with van der Waals surface area (Å²) in [6, 6.07) is 0. The maximum absolute atomic E-state index is 5.69. The van der Waals surface area contributed by atoms with Crippen LogP contribution < -0.4 is 5.32 Å². The predicted molar refractivity (Wildman–Crippen MR) is 86.5 cm³/mol.